The van der Waals surface area contributed by atoms with Gasteiger partial charge in [-0.2, -0.15) is 0 Å². The Morgan fingerprint density at radius 2 is 1.89 bits per heavy atom. The molecule has 1 N–H and O–H groups in total. The number of nitrogens with one attached hydrogen (secondary N) is 1. The first kappa shape index (κ1) is 12.3. The third-order valence-electron chi connectivity index (χ3n) is 2.97. The van der Waals surface area contributed by atoms with E-state index in [4.69, 9.17) is 0 Å². The molecule has 0 aliphatic carbocycles. The summed E-state index contributed by atoms with van der Waals surface area (Å²) in [6.45, 7) is 1.98. The maximum absolute atomic E-state index is 12.0. The first-order valence-corrected chi connectivity index (χ1v) is 5.72. The topological polar surface area (TPSA) is 66.5 Å². The van der Waals surface area contributed by atoms with E-state index in [0.717, 1.165) is 10.5 Å². The summed E-state index contributed by atoms with van der Waals surface area (Å²) in [6.07, 6.45) is 0.126. The summed E-state index contributed by atoms with van der Waals surface area (Å²) >= 11 is 0. The number of hydrogen-bond acceptors (Lipinski definition) is 3. The van der Waals surface area contributed by atoms with Gasteiger partial charge < -0.3 is 5.32 Å². The molecule has 94 valence electrons. The number of imide groups is 1. The van der Waals surface area contributed by atoms with Crippen molar-refractivity contribution in [2.75, 3.05) is 13.6 Å². The number of amides is 3. The van der Waals surface area contributed by atoms with Crippen molar-refractivity contribution in [2.24, 2.45) is 0 Å². The van der Waals surface area contributed by atoms with Crippen molar-refractivity contribution in [3.63, 3.8) is 0 Å². The molecule has 0 saturated heterocycles. The van der Waals surface area contributed by atoms with Gasteiger partial charge in [-0.15, -0.1) is 0 Å². The molecular weight excluding hydrogens is 232 g/mol. The van der Waals surface area contributed by atoms with Crippen molar-refractivity contribution < 1.29 is 14.4 Å². The van der Waals surface area contributed by atoms with Crippen LogP contribution in [0.15, 0.2) is 18.2 Å². The van der Waals surface area contributed by atoms with Crippen LogP contribution in [0.25, 0.3) is 0 Å². The van der Waals surface area contributed by atoms with Gasteiger partial charge in [0.25, 0.3) is 11.8 Å². The smallest absolute Gasteiger partial charge is 0.261 e. The number of aryl methyl sites for hydroxylation is 1. The van der Waals surface area contributed by atoms with E-state index in [1.54, 1.807) is 18.2 Å². The van der Waals surface area contributed by atoms with E-state index in [-0.39, 0.29) is 30.7 Å². The minimum Gasteiger partial charge on any atom is -0.359 e. The van der Waals surface area contributed by atoms with Crippen LogP contribution in [0.1, 0.15) is 32.7 Å². The summed E-state index contributed by atoms with van der Waals surface area (Å²) in [6, 6.07) is 5.16. The second-order valence-corrected chi connectivity index (χ2v) is 4.23. The number of fused-ring (bicyclic) bond motifs is 1. The standard InChI is InChI=1S/C13H14N2O3/c1-8-3-4-9-10(7-8)13(18)15(12(9)17)6-5-11(16)14-2/h3-4,7H,5-6H2,1-2H3,(H,14,16). The van der Waals surface area contributed by atoms with Crippen LogP contribution < -0.4 is 5.32 Å². The van der Waals surface area contributed by atoms with Gasteiger partial charge >= 0.3 is 0 Å². The van der Waals surface area contributed by atoms with Gasteiger partial charge in [-0.05, 0) is 19.1 Å². The molecule has 2 rings (SSSR count). The van der Waals surface area contributed by atoms with Gasteiger partial charge in [0.2, 0.25) is 5.91 Å². The molecule has 5 nitrogen and oxygen atoms in total. The Bertz CT molecular complexity index is 537. The van der Waals surface area contributed by atoms with E-state index in [0.29, 0.717) is 11.1 Å². The number of rotatable bonds is 3. The number of nitrogens with zero attached hydrogens (tertiary/aromatic N) is 1. The highest BCUT2D eigenvalue weighted by Crippen LogP contribution is 2.23. The van der Waals surface area contributed by atoms with Crippen LogP contribution in [-0.4, -0.2) is 36.2 Å². The molecule has 0 spiro atoms. The molecule has 5 heteroatoms. The molecule has 1 aliphatic heterocycles. The largest absolute Gasteiger partial charge is 0.359 e. The zero-order chi connectivity index (χ0) is 13.3. The average Bonchev–Trinajstić information content (AvgIpc) is 2.59. The predicted octanol–water partition coefficient (Wildman–Crippen LogP) is 0.727. The molecule has 18 heavy (non-hydrogen) atoms. The number of hydrogen-bond donors (Lipinski definition) is 1. The molecule has 0 aromatic heterocycles. The van der Waals surface area contributed by atoms with Gasteiger partial charge in [-0.3, -0.25) is 19.3 Å². The lowest BCUT2D eigenvalue weighted by Crippen LogP contribution is -2.33. The van der Waals surface area contributed by atoms with Crippen molar-refractivity contribution in [3.05, 3.63) is 34.9 Å². The molecule has 0 unspecified atom stereocenters. The Hall–Kier alpha value is -2.17. The zero-order valence-corrected chi connectivity index (χ0v) is 10.3. The van der Waals surface area contributed by atoms with Crippen molar-refractivity contribution >= 4 is 17.7 Å². The fourth-order valence-corrected chi connectivity index (χ4v) is 1.95. The molecule has 1 heterocycles. The molecule has 1 aromatic carbocycles. The Balaban J connectivity index is 2.21. The quantitative estimate of drug-likeness (QED) is 0.799. The van der Waals surface area contributed by atoms with E-state index in [2.05, 4.69) is 5.32 Å². The van der Waals surface area contributed by atoms with Crippen LogP contribution in [0.2, 0.25) is 0 Å². The maximum atomic E-state index is 12.0. The lowest BCUT2D eigenvalue weighted by Gasteiger charge is -2.12. The average molecular weight is 246 g/mol. The summed E-state index contributed by atoms with van der Waals surface area (Å²) in [5.74, 6) is -0.829. The normalized spacial score (nSPS) is 13.8. The van der Waals surface area contributed by atoms with E-state index in [1.807, 2.05) is 6.92 Å². The second kappa shape index (κ2) is 4.60. The molecule has 0 saturated carbocycles. The predicted molar refractivity (Wildman–Crippen MR) is 65.2 cm³/mol. The number of benzene rings is 1. The molecule has 0 radical (unpaired) electrons. The van der Waals surface area contributed by atoms with Crippen molar-refractivity contribution in [2.45, 2.75) is 13.3 Å². The molecule has 0 fully saturated rings. The van der Waals surface area contributed by atoms with E-state index < -0.39 is 0 Å². The number of carbonyl (C=O) groups is 3. The SMILES string of the molecule is CNC(=O)CCN1C(=O)c2ccc(C)cc2C1=O. The monoisotopic (exact) mass is 246 g/mol. The highest BCUT2D eigenvalue weighted by atomic mass is 16.2. The fraction of sp³-hybridized carbons (Fsp3) is 0.308. The maximum Gasteiger partial charge on any atom is 0.261 e. The van der Waals surface area contributed by atoms with Crippen molar-refractivity contribution in [1.82, 2.24) is 10.2 Å². The highest BCUT2D eigenvalue weighted by molar-refractivity contribution is 6.21. The molecular formula is C13H14N2O3. The van der Waals surface area contributed by atoms with Crippen molar-refractivity contribution in [1.29, 1.82) is 0 Å². The van der Waals surface area contributed by atoms with Crippen LogP contribution in [0, 0.1) is 6.92 Å². The van der Waals surface area contributed by atoms with Crippen LogP contribution in [0.5, 0.6) is 0 Å². The fourth-order valence-electron chi connectivity index (χ4n) is 1.95. The summed E-state index contributed by atoms with van der Waals surface area (Å²) in [7, 11) is 1.52. The Labute approximate surface area is 105 Å². The van der Waals surface area contributed by atoms with Gasteiger partial charge in [-0.25, -0.2) is 0 Å². The third kappa shape index (κ3) is 1.99. The van der Waals surface area contributed by atoms with Crippen LogP contribution in [-0.2, 0) is 4.79 Å². The highest BCUT2D eigenvalue weighted by Gasteiger charge is 2.35. The van der Waals surface area contributed by atoms with E-state index in [9.17, 15) is 14.4 Å². The summed E-state index contributed by atoms with van der Waals surface area (Å²) in [5, 5.41) is 2.46. The lowest BCUT2D eigenvalue weighted by atomic mass is 10.1. The number of carbonyl (C=O) groups excluding carboxylic acids is 3. The van der Waals surface area contributed by atoms with Crippen molar-refractivity contribution in [3.8, 4) is 0 Å². The molecule has 0 bridgehead atoms. The minimum absolute atomic E-state index is 0.116. The van der Waals surface area contributed by atoms with E-state index >= 15 is 0 Å². The lowest BCUT2D eigenvalue weighted by molar-refractivity contribution is -0.120. The molecule has 1 aromatic rings. The van der Waals surface area contributed by atoms with Gasteiger partial charge in [0.15, 0.2) is 0 Å². The molecule has 1 aliphatic rings. The van der Waals surface area contributed by atoms with Crippen LogP contribution in [0.4, 0.5) is 0 Å². The third-order valence-corrected chi connectivity index (χ3v) is 2.97. The zero-order valence-electron chi connectivity index (χ0n) is 10.3. The minimum atomic E-state index is -0.320. The Morgan fingerprint density at radius 3 is 2.56 bits per heavy atom. The van der Waals surface area contributed by atoms with Gasteiger partial charge in [0, 0.05) is 20.0 Å². The van der Waals surface area contributed by atoms with Gasteiger partial charge in [0.05, 0.1) is 11.1 Å². The van der Waals surface area contributed by atoms with Crippen LogP contribution in [0.3, 0.4) is 0 Å². The first-order valence-electron chi connectivity index (χ1n) is 5.72. The summed E-state index contributed by atoms with van der Waals surface area (Å²) in [5.41, 5.74) is 1.78. The van der Waals surface area contributed by atoms with Gasteiger partial charge in [0.1, 0.15) is 0 Å². The summed E-state index contributed by atoms with van der Waals surface area (Å²) < 4.78 is 0. The molecule has 0 atom stereocenters. The van der Waals surface area contributed by atoms with Gasteiger partial charge in [-0.1, -0.05) is 11.6 Å². The van der Waals surface area contributed by atoms with Crippen LogP contribution >= 0.6 is 0 Å². The second-order valence-electron chi connectivity index (χ2n) is 4.23. The summed E-state index contributed by atoms with van der Waals surface area (Å²) in [4.78, 5) is 36.3. The first-order chi connectivity index (χ1) is 8.54. The molecule has 3 amide bonds. The Kier molecular flexibility index (Phi) is 3.14. The van der Waals surface area contributed by atoms with E-state index in [1.165, 1.54) is 7.05 Å². The Morgan fingerprint density at radius 1 is 1.22 bits per heavy atom.